The lowest BCUT2D eigenvalue weighted by atomic mass is 9.90. The van der Waals surface area contributed by atoms with E-state index < -0.39 is 11.5 Å². The average Bonchev–Trinajstić information content (AvgIpc) is 2.29. The van der Waals surface area contributed by atoms with Crippen LogP contribution in [0.4, 0.5) is 0 Å². The molecule has 0 aromatic heterocycles. The van der Waals surface area contributed by atoms with Gasteiger partial charge in [-0.15, -0.1) is 0 Å². The minimum atomic E-state index is -1.52. The van der Waals surface area contributed by atoms with Crippen molar-refractivity contribution in [2.45, 2.75) is 19.4 Å². The highest BCUT2D eigenvalue weighted by Gasteiger charge is 2.41. The van der Waals surface area contributed by atoms with Gasteiger partial charge in [-0.25, -0.2) is 4.79 Å². The van der Waals surface area contributed by atoms with Crippen LogP contribution in [0.2, 0.25) is 10.0 Å². The van der Waals surface area contributed by atoms with Crippen LogP contribution < -0.4 is 0 Å². The molecular formula is C12H13Cl2NO3. The number of carbonyl (C=O) groups is 2. The number of aliphatic carboxylic acids is 1. The molecule has 0 radical (unpaired) electrons. The van der Waals surface area contributed by atoms with Crippen molar-refractivity contribution in [1.29, 1.82) is 0 Å². The van der Waals surface area contributed by atoms with Crippen LogP contribution in [0.15, 0.2) is 18.2 Å². The third-order valence-corrected chi connectivity index (χ3v) is 3.46. The van der Waals surface area contributed by atoms with Crippen molar-refractivity contribution in [1.82, 2.24) is 4.90 Å². The molecular weight excluding hydrogens is 277 g/mol. The van der Waals surface area contributed by atoms with E-state index in [1.807, 2.05) is 0 Å². The molecule has 0 fully saturated rings. The van der Waals surface area contributed by atoms with Gasteiger partial charge in [0.05, 0.1) is 0 Å². The number of carboxylic acids is 1. The molecule has 1 amide bonds. The fourth-order valence-corrected chi connectivity index (χ4v) is 2.37. The number of benzene rings is 1. The maximum absolute atomic E-state index is 11.5. The molecule has 18 heavy (non-hydrogen) atoms. The number of hydrogen-bond donors (Lipinski definition) is 1. The van der Waals surface area contributed by atoms with Crippen LogP contribution in [0.1, 0.15) is 19.4 Å². The van der Waals surface area contributed by atoms with E-state index in [-0.39, 0.29) is 11.6 Å². The molecule has 0 aliphatic heterocycles. The third kappa shape index (κ3) is 2.44. The van der Waals surface area contributed by atoms with Crippen LogP contribution in [-0.2, 0) is 15.1 Å². The number of rotatable bonds is 5. The number of hydrogen-bond acceptors (Lipinski definition) is 2. The van der Waals surface area contributed by atoms with Crippen molar-refractivity contribution in [2.75, 3.05) is 6.54 Å². The molecule has 0 saturated heterocycles. The van der Waals surface area contributed by atoms with Crippen molar-refractivity contribution >= 4 is 35.6 Å². The standard InChI is InChI=1S/C12H13Cl2NO3/c1-3-15(7-16)12(2,11(17)18)9-5-4-8(13)6-10(9)14/h4-7H,3H2,1-2H3,(H,17,18). The summed E-state index contributed by atoms with van der Waals surface area (Å²) in [6, 6.07) is 4.52. The van der Waals surface area contributed by atoms with Crippen LogP contribution in [-0.4, -0.2) is 28.9 Å². The second kappa shape index (κ2) is 5.59. The molecule has 0 aliphatic rings. The number of carboxylic acid groups (broad SMARTS) is 1. The molecule has 1 aromatic carbocycles. The number of carbonyl (C=O) groups excluding carboxylic acids is 1. The molecule has 1 aromatic rings. The van der Waals surface area contributed by atoms with Gasteiger partial charge in [0.25, 0.3) is 0 Å². The van der Waals surface area contributed by atoms with Crippen molar-refractivity contribution in [3.05, 3.63) is 33.8 Å². The molecule has 1 rings (SSSR count). The first-order chi connectivity index (χ1) is 8.37. The topological polar surface area (TPSA) is 57.6 Å². The van der Waals surface area contributed by atoms with Crippen molar-refractivity contribution in [2.24, 2.45) is 0 Å². The van der Waals surface area contributed by atoms with Gasteiger partial charge < -0.3 is 10.0 Å². The number of halogens is 2. The van der Waals surface area contributed by atoms with Crippen LogP contribution in [0, 0.1) is 0 Å². The van der Waals surface area contributed by atoms with E-state index in [0.29, 0.717) is 17.0 Å². The predicted molar refractivity (Wildman–Crippen MR) is 69.9 cm³/mol. The normalized spacial score (nSPS) is 13.8. The first kappa shape index (κ1) is 14.8. The van der Waals surface area contributed by atoms with Gasteiger partial charge in [0.1, 0.15) is 0 Å². The molecule has 0 bridgehead atoms. The number of nitrogens with zero attached hydrogens (tertiary/aromatic N) is 1. The summed E-state index contributed by atoms with van der Waals surface area (Å²) in [5, 5.41) is 10.0. The van der Waals surface area contributed by atoms with E-state index >= 15 is 0 Å². The second-order valence-electron chi connectivity index (χ2n) is 3.89. The summed E-state index contributed by atoms with van der Waals surface area (Å²) in [6.45, 7) is 3.38. The zero-order valence-electron chi connectivity index (χ0n) is 9.98. The third-order valence-electron chi connectivity index (χ3n) is 2.91. The molecule has 0 heterocycles. The minimum Gasteiger partial charge on any atom is -0.479 e. The molecule has 6 heteroatoms. The first-order valence-electron chi connectivity index (χ1n) is 5.28. The highest BCUT2D eigenvalue weighted by atomic mass is 35.5. The predicted octanol–water partition coefficient (Wildman–Crippen LogP) is 2.77. The summed E-state index contributed by atoms with van der Waals surface area (Å²) in [7, 11) is 0. The van der Waals surface area contributed by atoms with E-state index in [1.54, 1.807) is 13.0 Å². The Morgan fingerprint density at radius 2 is 2.11 bits per heavy atom. The Hall–Kier alpha value is -1.26. The average molecular weight is 290 g/mol. The van der Waals surface area contributed by atoms with E-state index in [4.69, 9.17) is 23.2 Å². The summed E-state index contributed by atoms with van der Waals surface area (Å²) in [4.78, 5) is 23.7. The monoisotopic (exact) mass is 289 g/mol. The van der Waals surface area contributed by atoms with E-state index in [1.165, 1.54) is 24.0 Å². The number of likely N-dealkylation sites (N-methyl/N-ethyl adjacent to an activating group) is 1. The molecule has 1 unspecified atom stereocenters. The Morgan fingerprint density at radius 3 is 2.50 bits per heavy atom. The zero-order valence-corrected chi connectivity index (χ0v) is 11.5. The Bertz CT molecular complexity index is 478. The lowest BCUT2D eigenvalue weighted by Gasteiger charge is -2.35. The Labute approximate surface area is 115 Å². The van der Waals surface area contributed by atoms with Crippen LogP contribution in [0.25, 0.3) is 0 Å². The molecule has 1 atom stereocenters. The van der Waals surface area contributed by atoms with Crippen molar-refractivity contribution in [3.8, 4) is 0 Å². The van der Waals surface area contributed by atoms with Gasteiger partial charge in [-0.05, 0) is 26.0 Å². The SMILES string of the molecule is CCN(C=O)C(C)(C(=O)O)c1ccc(Cl)cc1Cl. The van der Waals surface area contributed by atoms with Gasteiger partial charge in [0.2, 0.25) is 6.41 Å². The van der Waals surface area contributed by atoms with Gasteiger partial charge in [-0.2, -0.15) is 0 Å². The van der Waals surface area contributed by atoms with Crippen LogP contribution in [0.3, 0.4) is 0 Å². The van der Waals surface area contributed by atoms with Gasteiger partial charge in [-0.3, -0.25) is 4.79 Å². The highest BCUT2D eigenvalue weighted by Crippen LogP contribution is 2.34. The second-order valence-corrected chi connectivity index (χ2v) is 4.74. The van der Waals surface area contributed by atoms with Gasteiger partial charge in [0, 0.05) is 22.2 Å². The van der Waals surface area contributed by atoms with Crippen LogP contribution in [0.5, 0.6) is 0 Å². The van der Waals surface area contributed by atoms with Gasteiger partial charge in [0.15, 0.2) is 5.54 Å². The van der Waals surface area contributed by atoms with E-state index in [9.17, 15) is 14.7 Å². The van der Waals surface area contributed by atoms with Crippen molar-refractivity contribution < 1.29 is 14.7 Å². The quantitative estimate of drug-likeness (QED) is 0.848. The summed E-state index contributed by atoms with van der Waals surface area (Å²) in [5.74, 6) is -1.15. The minimum absolute atomic E-state index is 0.215. The molecule has 1 N–H and O–H groups in total. The molecule has 98 valence electrons. The summed E-state index contributed by atoms with van der Waals surface area (Å²) < 4.78 is 0. The fraction of sp³-hybridized carbons (Fsp3) is 0.333. The highest BCUT2D eigenvalue weighted by molar-refractivity contribution is 6.35. The Balaban J connectivity index is 3.44. The van der Waals surface area contributed by atoms with Crippen molar-refractivity contribution in [3.63, 3.8) is 0 Å². The maximum atomic E-state index is 11.5. The Morgan fingerprint density at radius 1 is 1.50 bits per heavy atom. The van der Waals surface area contributed by atoms with Gasteiger partial charge in [-0.1, -0.05) is 29.3 Å². The first-order valence-corrected chi connectivity index (χ1v) is 6.04. The molecule has 0 aliphatic carbocycles. The summed E-state index contributed by atoms with van der Waals surface area (Å²) in [6.07, 6.45) is 0.499. The zero-order chi connectivity index (χ0) is 13.9. The van der Waals surface area contributed by atoms with Crippen LogP contribution >= 0.6 is 23.2 Å². The van der Waals surface area contributed by atoms with E-state index in [2.05, 4.69) is 0 Å². The Kier molecular flexibility index (Phi) is 4.59. The smallest absolute Gasteiger partial charge is 0.334 e. The molecule has 4 nitrogen and oxygen atoms in total. The molecule has 0 saturated carbocycles. The molecule has 0 spiro atoms. The lowest BCUT2D eigenvalue weighted by molar-refractivity contribution is -0.154. The summed E-state index contributed by atoms with van der Waals surface area (Å²) in [5.41, 5.74) is -1.19. The number of amides is 1. The largest absolute Gasteiger partial charge is 0.479 e. The maximum Gasteiger partial charge on any atom is 0.334 e. The summed E-state index contributed by atoms with van der Waals surface area (Å²) >= 11 is 11.8. The fourth-order valence-electron chi connectivity index (χ4n) is 1.77. The van der Waals surface area contributed by atoms with Gasteiger partial charge >= 0.3 is 5.97 Å². The van der Waals surface area contributed by atoms with E-state index in [0.717, 1.165) is 0 Å². The lowest BCUT2D eigenvalue weighted by Crippen LogP contribution is -2.49.